The van der Waals surface area contributed by atoms with Gasteiger partial charge in [0.25, 0.3) is 0 Å². The van der Waals surface area contributed by atoms with Gasteiger partial charge in [-0.1, -0.05) is 11.6 Å². The molecule has 0 unspecified atom stereocenters. The van der Waals surface area contributed by atoms with Crippen LogP contribution in [0.1, 0.15) is 26.7 Å². The molecule has 0 aliphatic heterocycles. The van der Waals surface area contributed by atoms with Gasteiger partial charge in [0.2, 0.25) is 0 Å². The van der Waals surface area contributed by atoms with Crippen LogP contribution in [0.4, 0.5) is 5.82 Å². The van der Waals surface area contributed by atoms with Gasteiger partial charge in [-0.05, 0) is 32.6 Å². The third-order valence-electron chi connectivity index (χ3n) is 2.48. The summed E-state index contributed by atoms with van der Waals surface area (Å²) in [6.45, 7) is 5.40. The topological polar surface area (TPSA) is 29.0 Å². The SMILES string of the molecule is CC(C)N(CC1CC1)c1nsnc1Cl. The average Bonchev–Trinajstić information content (AvgIpc) is 2.85. The molecule has 0 saturated heterocycles. The quantitative estimate of drug-likeness (QED) is 0.798. The van der Waals surface area contributed by atoms with E-state index in [4.69, 9.17) is 11.6 Å². The van der Waals surface area contributed by atoms with E-state index in [1.165, 1.54) is 24.6 Å². The highest BCUT2D eigenvalue weighted by molar-refractivity contribution is 6.99. The summed E-state index contributed by atoms with van der Waals surface area (Å²) in [7, 11) is 0. The minimum atomic E-state index is 0.442. The van der Waals surface area contributed by atoms with E-state index in [9.17, 15) is 0 Å². The second-order valence-corrected chi connectivity index (χ2v) is 4.95. The molecule has 0 aromatic carbocycles. The Balaban J connectivity index is 2.12. The first-order valence-electron chi connectivity index (χ1n) is 4.93. The lowest BCUT2D eigenvalue weighted by atomic mass is 10.3. The Hall–Kier alpha value is -0.350. The summed E-state index contributed by atoms with van der Waals surface area (Å²) < 4.78 is 8.24. The van der Waals surface area contributed by atoms with Gasteiger partial charge in [-0.25, -0.2) is 0 Å². The molecule has 14 heavy (non-hydrogen) atoms. The van der Waals surface area contributed by atoms with Crippen molar-refractivity contribution in [1.29, 1.82) is 0 Å². The van der Waals surface area contributed by atoms with E-state index in [1.54, 1.807) is 0 Å². The van der Waals surface area contributed by atoms with E-state index in [2.05, 4.69) is 27.5 Å². The van der Waals surface area contributed by atoms with Crippen molar-refractivity contribution in [1.82, 2.24) is 8.75 Å². The molecular formula is C9H14ClN3S. The molecule has 3 nitrogen and oxygen atoms in total. The van der Waals surface area contributed by atoms with E-state index in [1.807, 2.05) is 0 Å². The molecule has 78 valence electrons. The van der Waals surface area contributed by atoms with Crippen LogP contribution >= 0.6 is 23.3 Å². The first kappa shape index (κ1) is 10.2. The summed E-state index contributed by atoms with van der Waals surface area (Å²) in [5.41, 5.74) is 0. The van der Waals surface area contributed by atoms with Gasteiger partial charge in [-0.3, -0.25) is 0 Å². The van der Waals surface area contributed by atoms with Crippen LogP contribution < -0.4 is 4.90 Å². The standard InChI is InChI=1S/C9H14ClN3S/c1-6(2)13(5-7-3-4-7)9-8(10)11-14-12-9/h6-7H,3-5H2,1-2H3. The van der Waals surface area contributed by atoms with Crippen LogP contribution in [0, 0.1) is 5.92 Å². The lowest BCUT2D eigenvalue weighted by molar-refractivity contribution is 0.639. The molecule has 0 N–H and O–H groups in total. The Labute approximate surface area is 93.4 Å². The number of rotatable bonds is 4. The van der Waals surface area contributed by atoms with Crippen molar-refractivity contribution in [2.75, 3.05) is 11.4 Å². The molecule has 1 aromatic rings. The largest absolute Gasteiger partial charge is 0.350 e. The second-order valence-electron chi connectivity index (χ2n) is 4.07. The molecule has 0 radical (unpaired) electrons. The van der Waals surface area contributed by atoms with Gasteiger partial charge in [0.05, 0.1) is 11.7 Å². The molecule has 5 heteroatoms. The van der Waals surface area contributed by atoms with Crippen molar-refractivity contribution in [3.63, 3.8) is 0 Å². The second kappa shape index (κ2) is 4.03. The van der Waals surface area contributed by atoms with Crippen LogP contribution in [0.25, 0.3) is 0 Å². The maximum Gasteiger partial charge on any atom is 0.187 e. The van der Waals surface area contributed by atoms with Gasteiger partial charge in [-0.15, -0.1) is 0 Å². The molecule has 1 aromatic heterocycles. The van der Waals surface area contributed by atoms with Crippen molar-refractivity contribution in [2.24, 2.45) is 5.92 Å². The van der Waals surface area contributed by atoms with Crippen LogP contribution in [0.15, 0.2) is 0 Å². The molecule has 1 fully saturated rings. The zero-order valence-electron chi connectivity index (χ0n) is 8.40. The summed E-state index contributed by atoms with van der Waals surface area (Å²) in [5.74, 6) is 1.70. The molecule has 0 amide bonds. The van der Waals surface area contributed by atoms with E-state index >= 15 is 0 Å². The van der Waals surface area contributed by atoms with E-state index in [-0.39, 0.29) is 0 Å². The van der Waals surface area contributed by atoms with Gasteiger partial charge < -0.3 is 4.90 Å². The normalized spacial score (nSPS) is 16.3. The number of hydrogen-bond donors (Lipinski definition) is 0. The van der Waals surface area contributed by atoms with Crippen LogP contribution in [-0.4, -0.2) is 21.3 Å². The summed E-state index contributed by atoms with van der Waals surface area (Å²) in [5, 5.41) is 0.546. The van der Waals surface area contributed by atoms with Crippen LogP contribution in [0.2, 0.25) is 5.15 Å². The molecule has 1 heterocycles. The Kier molecular flexibility index (Phi) is 2.93. The van der Waals surface area contributed by atoms with Gasteiger partial charge >= 0.3 is 0 Å². The van der Waals surface area contributed by atoms with E-state index in [0.29, 0.717) is 11.2 Å². The van der Waals surface area contributed by atoms with Crippen LogP contribution in [-0.2, 0) is 0 Å². The third kappa shape index (κ3) is 2.17. The number of hydrogen-bond acceptors (Lipinski definition) is 4. The number of anilines is 1. The molecule has 0 bridgehead atoms. The number of aromatic nitrogens is 2. The van der Waals surface area contributed by atoms with Gasteiger partial charge in [-0.2, -0.15) is 8.75 Å². The van der Waals surface area contributed by atoms with E-state index < -0.39 is 0 Å². The Morgan fingerprint density at radius 3 is 2.64 bits per heavy atom. The highest BCUT2D eigenvalue weighted by Crippen LogP contribution is 2.33. The predicted molar refractivity (Wildman–Crippen MR) is 60.1 cm³/mol. The van der Waals surface area contributed by atoms with Crippen molar-refractivity contribution in [3.8, 4) is 0 Å². The molecule has 2 rings (SSSR count). The summed E-state index contributed by atoms with van der Waals surface area (Å²) >= 11 is 7.16. The Bertz CT molecular complexity index is 309. The lowest BCUT2D eigenvalue weighted by Gasteiger charge is -2.26. The number of nitrogens with zero attached hydrogens (tertiary/aromatic N) is 3. The maximum absolute atomic E-state index is 5.98. The average molecular weight is 232 g/mol. The summed E-state index contributed by atoms with van der Waals surface area (Å²) in [4.78, 5) is 2.25. The lowest BCUT2D eigenvalue weighted by Crippen LogP contribution is -2.33. The molecule has 0 atom stereocenters. The summed E-state index contributed by atoms with van der Waals surface area (Å²) in [6, 6.07) is 0.442. The highest BCUT2D eigenvalue weighted by Gasteiger charge is 2.27. The van der Waals surface area contributed by atoms with Crippen LogP contribution in [0.5, 0.6) is 0 Å². The molecular weight excluding hydrogens is 218 g/mol. The molecule has 1 aliphatic carbocycles. The Morgan fingerprint density at radius 2 is 2.21 bits per heavy atom. The molecule has 1 saturated carbocycles. The van der Waals surface area contributed by atoms with Crippen LogP contribution in [0.3, 0.4) is 0 Å². The minimum absolute atomic E-state index is 0.442. The fourth-order valence-electron chi connectivity index (χ4n) is 1.46. The molecule has 1 aliphatic rings. The fraction of sp³-hybridized carbons (Fsp3) is 0.778. The van der Waals surface area contributed by atoms with Crippen molar-refractivity contribution in [3.05, 3.63) is 5.15 Å². The monoisotopic (exact) mass is 231 g/mol. The van der Waals surface area contributed by atoms with Gasteiger partial charge in [0, 0.05) is 12.6 Å². The van der Waals surface area contributed by atoms with Crippen molar-refractivity contribution >= 4 is 29.1 Å². The molecule has 0 spiro atoms. The Morgan fingerprint density at radius 1 is 1.50 bits per heavy atom. The van der Waals surface area contributed by atoms with E-state index in [0.717, 1.165) is 18.3 Å². The smallest absolute Gasteiger partial charge is 0.187 e. The van der Waals surface area contributed by atoms with Crippen molar-refractivity contribution < 1.29 is 0 Å². The predicted octanol–water partition coefficient (Wildman–Crippen LogP) is 2.82. The summed E-state index contributed by atoms with van der Waals surface area (Å²) in [6.07, 6.45) is 2.69. The fourth-order valence-corrected chi connectivity index (χ4v) is 2.22. The van der Waals surface area contributed by atoms with Gasteiger partial charge in [0.15, 0.2) is 11.0 Å². The minimum Gasteiger partial charge on any atom is -0.350 e. The first-order chi connectivity index (χ1) is 6.68. The highest BCUT2D eigenvalue weighted by atomic mass is 35.5. The zero-order valence-corrected chi connectivity index (χ0v) is 9.98. The maximum atomic E-state index is 5.98. The number of halogens is 1. The zero-order chi connectivity index (χ0) is 10.1. The third-order valence-corrected chi connectivity index (χ3v) is 3.35. The van der Waals surface area contributed by atoms with Crippen molar-refractivity contribution in [2.45, 2.75) is 32.7 Å². The van der Waals surface area contributed by atoms with Gasteiger partial charge in [0.1, 0.15) is 0 Å². The first-order valence-corrected chi connectivity index (χ1v) is 6.04.